The molecule has 1 saturated carbocycles. The number of halogens is 1. The third-order valence-corrected chi connectivity index (χ3v) is 6.03. The lowest BCUT2D eigenvalue weighted by Crippen LogP contribution is -2.38. The third kappa shape index (κ3) is 4.39. The minimum atomic E-state index is -0.357. The van der Waals surface area contributed by atoms with Crippen LogP contribution in [0.15, 0.2) is 59.1 Å². The normalized spacial score (nSPS) is 16.2. The lowest BCUT2D eigenvalue weighted by molar-refractivity contribution is -0.131. The summed E-state index contributed by atoms with van der Waals surface area (Å²) in [5.74, 6) is 0.307. The fraction of sp³-hybridized carbons (Fsp3) is 0.360. The highest BCUT2D eigenvalue weighted by atomic mass is 19.1. The Bertz CT molecular complexity index is 1080. The maximum absolute atomic E-state index is 14.7. The van der Waals surface area contributed by atoms with Gasteiger partial charge in [-0.05, 0) is 30.5 Å². The van der Waals surface area contributed by atoms with E-state index in [1.54, 1.807) is 18.2 Å². The molecule has 0 unspecified atom stereocenters. The highest BCUT2D eigenvalue weighted by Gasteiger charge is 2.35. The van der Waals surface area contributed by atoms with E-state index < -0.39 is 0 Å². The Hall–Kier alpha value is -3.19. The van der Waals surface area contributed by atoms with Crippen molar-refractivity contribution in [2.75, 3.05) is 31.2 Å². The van der Waals surface area contributed by atoms with E-state index in [1.807, 2.05) is 35.2 Å². The average molecular weight is 435 g/mol. The monoisotopic (exact) mass is 435 g/mol. The number of hydrogen-bond acceptors (Lipinski definition) is 5. The second kappa shape index (κ2) is 9.12. The predicted octanol–water partition coefficient (Wildman–Crippen LogP) is 4.05. The van der Waals surface area contributed by atoms with Crippen LogP contribution in [0.3, 0.4) is 0 Å². The molecule has 5 rings (SSSR count). The molecular formula is C25H26FN3O3. The van der Waals surface area contributed by atoms with Crippen molar-refractivity contribution in [2.45, 2.75) is 31.8 Å². The van der Waals surface area contributed by atoms with Gasteiger partial charge in [0.15, 0.2) is 0 Å². The van der Waals surface area contributed by atoms with Crippen LogP contribution in [0.4, 0.5) is 10.3 Å². The molecule has 1 aromatic heterocycles. The molecule has 2 aliphatic rings. The summed E-state index contributed by atoms with van der Waals surface area (Å²) in [4.78, 5) is 17.3. The minimum absolute atomic E-state index is 0.0623. The molecule has 7 heteroatoms. The first-order valence-corrected chi connectivity index (χ1v) is 11.1. The molecule has 1 aliphatic carbocycles. The number of morpholine rings is 1. The second-order valence-corrected chi connectivity index (χ2v) is 8.31. The van der Waals surface area contributed by atoms with Crippen molar-refractivity contribution < 1.29 is 18.4 Å². The molecule has 0 spiro atoms. The SMILES string of the molecule is O=C(Cc1ccccc1)N(Cc1c(-c2ccccc2F)noc1N1CCOCC1)C1CC1. The van der Waals surface area contributed by atoms with Crippen molar-refractivity contribution in [3.05, 3.63) is 71.5 Å². The molecule has 3 aromatic rings. The Kier molecular flexibility index (Phi) is 5.90. The molecule has 1 aliphatic heterocycles. The molecule has 1 saturated heterocycles. The van der Waals surface area contributed by atoms with Gasteiger partial charge in [0.05, 0.1) is 31.7 Å². The first kappa shape index (κ1) is 20.7. The smallest absolute Gasteiger partial charge is 0.233 e. The molecule has 1 amide bonds. The van der Waals surface area contributed by atoms with E-state index in [0.29, 0.717) is 56.4 Å². The van der Waals surface area contributed by atoms with Crippen LogP contribution in [-0.2, 0) is 22.5 Å². The highest BCUT2D eigenvalue weighted by molar-refractivity contribution is 5.80. The van der Waals surface area contributed by atoms with Crippen molar-refractivity contribution in [1.29, 1.82) is 0 Å². The zero-order valence-electron chi connectivity index (χ0n) is 17.9. The number of amides is 1. The summed E-state index contributed by atoms with van der Waals surface area (Å²) in [6.45, 7) is 2.86. The quantitative estimate of drug-likeness (QED) is 0.560. The zero-order valence-corrected chi connectivity index (χ0v) is 17.9. The maximum Gasteiger partial charge on any atom is 0.233 e. The van der Waals surface area contributed by atoms with Gasteiger partial charge in [-0.1, -0.05) is 47.6 Å². The largest absolute Gasteiger partial charge is 0.378 e. The van der Waals surface area contributed by atoms with Crippen LogP contribution < -0.4 is 4.90 Å². The van der Waals surface area contributed by atoms with Gasteiger partial charge in [-0.25, -0.2) is 4.39 Å². The van der Waals surface area contributed by atoms with E-state index in [4.69, 9.17) is 9.26 Å². The van der Waals surface area contributed by atoms with Crippen molar-refractivity contribution in [3.63, 3.8) is 0 Å². The van der Waals surface area contributed by atoms with Crippen LogP contribution >= 0.6 is 0 Å². The Labute approximate surface area is 186 Å². The zero-order chi connectivity index (χ0) is 21.9. The van der Waals surface area contributed by atoms with Crippen LogP contribution in [0.1, 0.15) is 24.0 Å². The van der Waals surface area contributed by atoms with Gasteiger partial charge in [0.2, 0.25) is 11.8 Å². The third-order valence-electron chi connectivity index (χ3n) is 6.03. The van der Waals surface area contributed by atoms with Crippen molar-refractivity contribution in [3.8, 4) is 11.3 Å². The minimum Gasteiger partial charge on any atom is -0.378 e. The number of benzene rings is 2. The molecule has 166 valence electrons. The lowest BCUT2D eigenvalue weighted by Gasteiger charge is -2.28. The Balaban J connectivity index is 1.49. The van der Waals surface area contributed by atoms with E-state index in [1.165, 1.54) is 6.07 Å². The summed E-state index contributed by atoms with van der Waals surface area (Å²) in [5, 5.41) is 4.26. The van der Waals surface area contributed by atoms with Crippen molar-refractivity contribution in [2.24, 2.45) is 0 Å². The van der Waals surface area contributed by atoms with Crippen LogP contribution in [-0.4, -0.2) is 48.3 Å². The van der Waals surface area contributed by atoms with Gasteiger partial charge < -0.3 is 19.1 Å². The summed E-state index contributed by atoms with van der Waals surface area (Å²) in [5.41, 5.74) is 2.58. The van der Waals surface area contributed by atoms with Crippen LogP contribution in [0.2, 0.25) is 0 Å². The molecule has 6 nitrogen and oxygen atoms in total. The predicted molar refractivity (Wildman–Crippen MR) is 119 cm³/mol. The van der Waals surface area contributed by atoms with Gasteiger partial charge in [0.1, 0.15) is 11.5 Å². The molecule has 0 radical (unpaired) electrons. The number of anilines is 1. The van der Waals surface area contributed by atoms with E-state index in [0.717, 1.165) is 24.0 Å². The Morgan fingerprint density at radius 3 is 2.50 bits per heavy atom. The Morgan fingerprint density at radius 1 is 1.06 bits per heavy atom. The Morgan fingerprint density at radius 2 is 1.78 bits per heavy atom. The van der Waals surface area contributed by atoms with Gasteiger partial charge in [0, 0.05) is 24.7 Å². The summed E-state index contributed by atoms with van der Waals surface area (Å²) >= 11 is 0. The fourth-order valence-corrected chi connectivity index (χ4v) is 4.17. The van der Waals surface area contributed by atoms with E-state index in [-0.39, 0.29) is 17.8 Å². The average Bonchev–Trinajstić information content (AvgIpc) is 3.58. The molecular weight excluding hydrogens is 409 g/mol. The molecule has 0 N–H and O–H groups in total. The van der Waals surface area contributed by atoms with Crippen molar-refractivity contribution >= 4 is 11.8 Å². The van der Waals surface area contributed by atoms with E-state index in [2.05, 4.69) is 10.1 Å². The molecule has 2 fully saturated rings. The maximum atomic E-state index is 14.7. The topological polar surface area (TPSA) is 58.8 Å². The van der Waals surface area contributed by atoms with E-state index in [9.17, 15) is 9.18 Å². The summed E-state index contributed by atoms with van der Waals surface area (Å²) < 4.78 is 25.9. The number of aromatic nitrogens is 1. The molecule has 0 atom stereocenters. The number of carbonyl (C=O) groups is 1. The van der Waals surface area contributed by atoms with Crippen molar-refractivity contribution in [1.82, 2.24) is 10.1 Å². The molecule has 2 aromatic carbocycles. The number of rotatable bonds is 7. The first-order chi connectivity index (χ1) is 15.7. The summed E-state index contributed by atoms with van der Waals surface area (Å²) in [6.07, 6.45) is 2.30. The van der Waals surface area contributed by atoms with Crippen LogP contribution in [0, 0.1) is 5.82 Å². The summed E-state index contributed by atoms with van der Waals surface area (Å²) in [7, 11) is 0. The first-order valence-electron chi connectivity index (χ1n) is 11.1. The standard InChI is InChI=1S/C25H26FN3O3/c26-22-9-5-4-8-20(22)24-21(25(32-27-24)28-12-14-31-15-13-28)17-29(19-10-11-19)23(30)16-18-6-2-1-3-7-18/h1-9,19H,10-17H2. The molecule has 2 heterocycles. The number of carbonyl (C=O) groups excluding carboxylic acids is 1. The molecule has 0 bridgehead atoms. The van der Waals surface area contributed by atoms with Gasteiger partial charge >= 0.3 is 0 Å². The van der Waals surface area contributed by atoms with Crippen LogP contribution in [0.25, 0.3) is 11.3 Å². The second-order valence-electron chi connectivity index (χ2n) is 8.31. The van der Waals surface area contributed by atoms with Gasteiger partial charge in [-0.2, -0.15) is 0 Å². The number of hydrogen-bond donors (Lipinski definition) is 0. The van der Waals surface area contributed by atoms with Gasteiger partial charge in [-0.3, -0.25) is 4.79 Å². The lowest BCUT2D eigenvalue weighted by atomic mass is 10.1. The van der Waals surface area contributed by atoms with E-state index >= 15 is 0 Å². The van der Waals surface area contributed by atoms with Crippen LogP contribution in [0.5, 0.6) is 0 Å². The number of nitrogens with zero attached hydrogens (tertiary/aromatic N) is 3. The van der Waals surface area contributed by atoms with Gasteiger partial charge in [0.25, 0.3) is 0 Å². The van der Waals surface area contributed by atoms with Gasteiger partial charge in [-0.15, -0.1) is 0 Å². The molecule has 32 heavy (non-hydrogen) atoms. The fourth-order valence-electron chi connectivity index (χ4n) is 4.17. The number of ether oxygens (including phenoxy) is 1. The summed E-state index contributed by atoms with van der Waals surface area (Å²) in [6, 6.07) is 16.5. The highest BCUT2D eigenvalue weighted by Crippen LogP contribution is 2.37.